The van der Waals surface area contributed by atoms with Gasteiger partial charge in [-0.25, -0.2) is 4.57 Å². The molecule has 0 aliphatic rings. The molecular weight excluding hydrogens is 226 g/mol. The minimum absolute atomic E-state index is 0.972. The third-order valence-corrected chi connectivity index (χ3v) is 2.55. The first-order chi connectivity index (χ1) is 8.60. The number of rotatable bonds is 6. The number of pyridine rings is 1. The summed E-state index contributed by atoms with van der Waals surface area (Å²) in [6, 6.07) is 4.51. The molecule has 1 heterocycles. The standard InChI is InChI=1S/C13H22N.C2H4O2/c1-3-5-7-13-8-11-14(12-9-13)10-6-4-2;1-2(3)4/h8-9,11-12H,3-7,10H2,1-2H3;1H3,(H,3,4)/q+1;/p-1. The molecule has 1 rings (SSSR count). The van der Waals surface area contributed by atoms with E-state index in [1.807, 2.05) is 0 Å². The molecule has 18 heavy (non-hydrogen) atoms. The van der Waals surface area contributed by atoms with Crippen LogP contribution in [-0.4, -0.2) is 5.97 Å². The van der Waals surface area contributed by atoms with Crippen LogP contribution in [0.5, 0.6) is 0 Å². The Morgan fingerprint density at radius 1 is 1.17 bits per heavy atom. The monoisotopic (exact) mass is 251 g/mol. The maximum absolute atomic E-state index is 8.89. The minimum atomic E-state index is -1.08. The summed E-state index contributed by atoms with van der Waals surface area (Å²) in [6.45, 7) is 6.60. The minimum Gasteiger partial charge on any atom is -0.550 e. The highest BCUT2D eigenvalue weighted by Crippen LogP contribution is 2.02. The fourth-order valence-corrected chi connectivity index (χ4v) is 1.53. The van der Waals surface area contributed by atoms with Crippen molar-refractivity contribution in [2.24, 2.45) is 0 Å². The maximum Gasteiger partial charge on any atom is 0.169 e. The van der Waals surface area contributed by atoms with Crippen LogP contribution in [0, 0.1) is 0 Å². The van der Waals surface area contributed by atoms with E-state index in [0.717, 1.165) is 13.5 Å². The first kappa shape index (κ1) is 16.6. The zero-order valence-corrected chi connectivity index (χ0v) is 11.8. The molecule has 0 aliphatic carbocycles. The Hall–Kier alpha value is -1.38. The molecule has 1 aromatic rings. The molecule has 0 fully saturated rings. The number of carbonyl (C=O) groups is 1. The van der Waals surface area contributed by atoms with Gasteiger partial charge in [0.15, 0.2) is 12.4 Å². The Morgan fingerprint density at radius 3 is 2.11 bits per heavy atom. The summed E-state index contributed by atoms with van der Waals surface area (Å²) in [7, 11) is 0. The van der Waals surface area contributed by atoms with Gasteiger partial charge in [0.1, 0.15) is 6.54 Å². The van der Waals surface area contributed by atoms with Crippen LogP contribution in [0.3, 0.4) is 0 Å². The summed E-state index contributed by atoms with van der Waals surface area (Å²) < 4.78 is 2.28. The van der Waals surface area contributed by atoms with Crippen molar-refractivity contribution < 1.29 is 14.5 Å². The van der Waals surface area contributed by atoms with Gasteiger partial charge in [-0.3, -0.25) is 0 Å². The zero-order valence-electron chi connectivity index (χ0n) is 11.8. The fourth-order valence-electron chi connectivity index (χ4n) is 1.53. The van der Waals surface area contributed by atoms with Gasteiger partial charge in [0.25, 0.3) is 0 Å². The predicted molar refractivity (Wildman–Crippen MR) is 70.8 cm³/mol. The first-order valence-electron chi connectivity index (χ1n) is 6.75. The summed E-state index contributed by atoms with van der Waals surface area (Å²) in [5.41, 5.74) is 1.47. The third-order valence-electron chi connectivity index (χ3n) is 2.55. The van der Waals surface area contributed by atoms with Gasteiger partial charge < -0.3 is 9.90 Å². The quantitative estimate of drug-likeness (QED) is 0.724. The van der Waals surface area contributed by atoms with Crippen molar-refractivity contribution in [3.05, 3.63) is 30.1 Å². The largest absolute Gasteiger partial charge is 0.550 e. The summed E-state index contributed by atoms with van der Waals surface area (Å²) in [6.07, 6.45) is 10.8. The molecule has 0 saturated carbocycles. The van der Waals surface area contributed by atoms with Crippen LogP contribution in [0.2, 0.25) is 0 Å². The van der Waals surface area contributed by atoms with Gasteiger partial charge in [-0.15, -0.1) is 0 Å². The molecule has 3 heteroatoms. The van der Waals surface area contributed by atoms with Gasteiger partial charge in [0.05, 0.1) is 0 Å². The van der Waals surface area contributed by atoms with Crippen molar-refractivity contribution >= 4 is 5.97 Å². The molecule has 102 valence electrons. The highest BCUT2D eigenvalue weighted by molar-refractivity contribution is 5.60. The number of carbonyl (C=O) groups excluding carboxylic acids is 1. The lowest BCUT2D eigenvalue weighted by Gasteiger charge is -1.99. The third kappa shape index (κ3) is 9.82. The van der Waals surface area contributed by atoms with Gasteiger partial charge in [-0.2, -0.15) is 0 Å². The smallest absolute Gasteiger partial charge is 0.169 e. The number of hydrogen-bond donors (Lipinski definition) is 0. The van der Waals surface area contributed by atoms with Crippen LogP contribution in [0.4, 0.5) is 0 Å². The van der Waals surface area contributed by atoms with E-state index >= 15 is 0 Å². The predicted octanol–water partition coefficient (Wildman–Crippen LogP) is 1.87. The molecule has 0 unspecified atom stereocenters. The van der Waals surface area contributed by atoms with E-state index in [1.54, 1.807) is 0 Å². The normalized spacial score (nSPS) is 9.50. The summed E-state index contributed by atoms with van der Waals surface area (Å²) >= 11 is 0. The average molecular weight is 251 g/mol. The van der Waals surface area contributed by atoms with Crippen LogP contribution in [0.25, 0.3) is 0 Å². The van der Waals surface area contributed by atoms with E-state index < -0.39 is 5.97 Å². The van der Waals surface area contributed by atoms with Gasteiger partial charge in [0, 0.05) is 24.5 Å². The molecule has 0 atom stereocenters. The van der Waals surface area contributed by atoms with Crippen LogP contribution >= 0.6 is 0 Å². The van der Waals surface area contributed by atoms with E-state index in [9.17, 15) is 0 Å². The molecule has 0 aromatic carbocycles. The lowest BCUT2D eigenvalue weighted by atomic mass is 10.1. The number of carboxylic acids is 1. The molecule has 0 saturated heterocycles. The highest BCUT2D eigenvalue weighted by Gasteiger charge is 1.99. The molecule has 0 N–H and O–H groups in total. The van der Waals surface area contributed by atoms with Crippen molar-refractivity contribution in [1.29, 1.82) is 0 Å². The van der Waals surface area contributed by atoms with E-state index in [1.165, 1.54) is 37.7 Å². The molecular formula is C15H25NO2. The molecule has 0 aliphatic heterocycles. The van der Waals surface area contributed by atoms with Crippen LogP contribution in [0.1, 0.15) is 52.0 Å². The van der Waals surface area contributed by atoms with E-state index in [0.29, 0.717) is 0 Å². The Kier molecular flexibility index (Phi) is 9.93. The molecule has 0 bridgehead atoms. The van der Waals surface area contributed by atoms with Gasteiger partial charge in [0.2, 0.25) is 0 Å². The second kappa shape index (κ2) is 10.8. The molecule has 1 aromatic heterocycles. The van der Waals surface area contributed by atoms with Gasteiger partial charge in [-0.05, 0) is 25.3 Å². The number of nitrogens with zero attached hydrogens (tertiary/aromatic N) is 1. The van der Waals surface area contributed by atoms with E-state index in [4.69, 9.17) is 9.90 Å². The fraction of sp³-hybridized carbons (Fsp3) is 0.600. The van der Waals surface area contributed by atoms with Gasteiger partial charge >= 0.3 is 0 Å². The van der Waals surface area contributed by atoms with Crippen molar-refractivity contribution in [3.63, 3.8) is 0 Å². The van der Waals surface area contributed by atoms with Crippen molar-refractivity contribution in [3.8, 4) is 0 Å². The van der Waals surface area contributed by atoms with Crippen LogP contribution < -0.4 is 9.67 Å². The SMILES string of the molecule is CC(=O)[O-].CCCCc1cc[n+](CCCC)cc1. The lowest BCUT2D eigenvalue weighted by molar-refractivity contribution is -0.697. The Morgan fingerprint density at radius 2 is 1.67 bits per heavy atom. The second-order valence-corrected chi connectivity index (χ2v) is 4.39. The topological polar surface area (TPSA) is 44.0 Å². The molecule has 0 amide bonds. The van der Waals surface area contributed by atoms with Crippen LogP contribution in [-0.2, 0) is 17.8 Å². The highest BCUT2D eigenvalue weighted by atomic mass is 16.4. The summed E-state index contributed by atoms with van der Waals surface area (Å²) in [5.74, 6) is -1.08. The van der Waals surface area contributed by atoms with Crippen molar-refractivity contribution in [1.82, 2.24) is 0 Å². The summed E-state index contributed by atoms with van der Waals surface area (Å²) in [4.78, 5) is 8.89. The van der Waals surface area contributed by atoms with Gasteiger partial charge in [-0.1, -0.05) is 26.7 Å². The first-order valence-corrected chi connectivity index (χ1v) is 6.75. The molecule has 3 nitrogen and oxygen atoms in total. The number of aliphatic carboxylic acids is 1. The number of hydrogen-bond acceptors (Lipinski definition) is 2. The Bertz CT molecular complexity index is 289. The zero-order chi connectivity index (χ0) is 13.8. The van der Waals surface area contributed by atoms with Crippen molar-refractivity contribution in [2.75, 3.05) is 0 Å². The molecule has 0 radical (unpaired) electrons. The number of carboxylic acid groups (broad SMARTS) is 1. The van der Waals surface area contributed by atoms with Crippen molar-refractivity contribution in [2.45, 2.75) is 59.4 Å². The number of aromatic nitrogens is 1. The number of unbranched alkanes of at least 4 members (excludes halogenated alkanes) is 2. The van der Waals surface area contributed by atoms with E-state index in [-0.39, 0.29) is 0 Å². The number of aryl methyl sites for hydroxylation is 2. The van der Waals surface area contributed by atoms with Crippen LogP contribution in [0.15, 0.2) is 24.5 Å². The molecule has 0 spiro atoms. The average Bonchev–Trinajstić information content (AvgIpc) is 2.34. The summed E-state index contributed by atoms with van der Waals surface area (Å²) in [5, 5.41) is 8.89. The lowest BCUT2D eigenvalue weighted by Crippen LogP contribution is -2.32. The second-order valence-electron chi connectivity index (χ2n) is 4.39. The maximum atomic E-state index is 8.89. The Balaban J connectivity index is 0.000000631. The van der Waals surface area contributed by atoms with E-state index in [2.05, 4.69) is 42.9 Å². The Labute approximate surface area is 110 Å².